The highest BCUT2D eigenvalue weighted by atomic mass is 79.9. The number of hydrogen-bond acceptors (Lipinski definition) is 4. The summed E-state index contributed by atoms with van der Waals surface area (Å²) in [5, 5.41) is 1.23. The van der Waals surface area contributed by atoms with Gasteiger partial charge in [-0.15, -0.1) is 11.3 Å². The molecule has 1 aromatic heterocycles. The zero-order valence-electron chi connectivity index (χ0n) is 12.6. The number of benzene rings is 1. The molecule has 1 atom stereocenters. The molecule has 2 heterocycles. The van der Waals surface area contributed by atoms with Gasteiger partial charge in [-0.25, -0.2) is 4.98 Å². The lowest BCUT2D eigenvalue weighted by atomic mass is 10.1. The molecule has 3 nitrogen and oxygen atoms in total. The minimum Gasteiger partial charge on any atom is -0.303 e. The molecule has 3 rings (SSSR count). The van der Waals surface area contributed by atoms with Crippen LogP contribution in [0.5, 0.6) is 0 Å². The van der Waals surface area contributed by atoms with Gasteiger partial charge in [0.2, 0.25) is 0 Å². The maximum Gasteiger partial charge on any atom is 0.112 e. The van der Waals surface area contributed by atoms with Gasteiger partial charge >= 0.3 is 0 Å². The Morgan fingerprint density at radius 1 is 1.29 bits per heavy atom. The van der Waals surface area contributed by atoms with Crippen molar-refractivity contribution in [1.29, 1.82) is 0 Å². The van der Waals surface area contributed by atoms with Crippen molar-refractivity contribution in [1.82, 2.24) is 14.8 Å². The van der Waals surface area contributed by atoms with Crippen molar-refractivity contribution in [2.75, 3.05) is 33.7 Å². The Bertz CT molecular complexity index is 640. The van der Waals surface area contributed by atoms with Gasteiger partial charge in [0.1, 0.15) is 5.01 Å². The zero-order chi connectivity index (χ0) is 15.0. The van der Waals surface area contributed by atoms with Gasteiger partial charge in [-0.1, -0.05) is 28.1 Å². The smallest absolute Gasteiger partial charge is 0.112 e. The number of aryl methyl sites for hydroxylation is 1. The highest BCUT2D eigenvalue weighted by Crippen LogP contribution is 2.34. The van der Waals surface area contributed by atoms with Crippen LogP contribution in [0.15, 0.2) is 28.7 Å². The monoisotopic (exact) mass is 365 g/mol. The molecule has 1 aliphatic heterocycles. The van der Waals surface area contributed by atoms with E-state index in [0.29, 0.717) is 6.04 Å². The van der Waals surface area contributed by atoms with Crippen molar-refractivity contribution in [3.05, 3.63) is 38.6 Å². The van der Waals surface area contributed by atoms with Crippen molar-refractivity contribution in [3.63, 3.8) is 0 Å². The molecule has 1 aromatic carbocycles. The number of hydrogen-bond donors (Lipinski definition) is 0. The highest BCUT2D eigenvalue weighted by molar-refractivity contribution is 9.10. The summed E-state index contributed by atoms with van der Waals surface area (Å²) in [5.74, 6) is 0. The fourth-order valence-electron chi connectivity index (χ4n) is 2.74. The van der Waals surface area contributed by atoms with E-state index >= 15 is 0 Å². The van der Waals surface area contributed by atoms with Crippen molar-refractivity contribution >= 4 is 27.3 Å². The summed E-state index contributed by atoms with van der Waals surface area (Å²) in [6, 6.07) is 8.80. The minimum atomic E-state index is 0.411. The zero-order valence-corrected chi connectivity index (χ0v) is 15.0. The summed E-state index contributed by atoms with van der Waals surface area (Å²) < 4.78 is 1.10. The van der Waals surface area contributed by atoms with E-state index in [0.717, 1.165) is 29.8 Å². The van der Waals surface area contributed by atoms with Crippen molar-refractivity contribution in [2.45, 2.75) is 13.0 Å². The van der Waals surface area contributed by atoms with Crippen LogP contribution >= 0.6 is 27.3 Å². The molecule has 0 amide bonds. The SMILES string of the molecule is Cc1sc(C2CN(C)CCN2C)nc1-c1cccc(Br)c1. The van der Waals surface area contributed by atoms with Crippen molar-refractivity contribution in [3.8, 4) is 11.3 Å². The molecule has 5 heteroatoms. The van der Waals surface area contributed by atoms with E-state index in [2.05, 4.69) is 71.0 Å². The maximum absolute atomic E-state index is 4.96. The number of thiazole rings is 1. The van der Waals surface area contributed by atoms with Crippen LogP contribution in [0.1, 0.15) is 15.9 Å². The lowest BCUT2D eigenvalue weighted by Gasteiger charge is -2.36. The molecule has 0 saturated carbocycles. The first-order valence-corrected chi connectivity index (χ1v) is 8.77. The Hall–Kier alpha value is -0.750. The quantitative estimate of drug-likeness (QED) is 0.806. The summed E-state index contributed by atoms with van der Waals surface area (Å²) in [4.78, 5) is 11.1. The van der Waals surface area contributed by atoms with Crippen molar-refractivity contribution in [2.24, 2.45) is 0 Å². The van der Waals surface area contributed by atoms with Crippen LogP contribution in [0.2, 0.25) is 0 Å². The van der Waals surface area contributed by atoms with E-state index < -0.39 is 0 Å². The largest absolute Gasteiger partial charge is 0.303 e. The average molecular weight is 366 g/mol. The number of nitrogens with zero attached hydrogens (tertiary/aromatic N) is 3. The summed E-state index contributed by atoms with van der Waals surface area (Å²) in [7, 11) is 4.39. The Kier molecular flexibility index (Phi) is 4.45. The van der Waals surface area contributed by atoms with Gasteiger partial charge in [-0.2, -0.15) is 0 Å². The maximum atomic E-state index is 4.96. The normalized spacial score (nSPS) is 20.9. The van der Waals surface area contributed by atoms with Gasteiger partial charge < -0.3 is 4.90 Å². The van der Waals surface area contributed by atoms with Crippen LogP contribution in [-0.4, -0.2) is 48.5 Å². The average Bonchev–Trinajstić information content (AvgIpc) is 2.83. The van der Waals surface area contributed by atoms with Gasteiger partial charge in [0, 0.05) is 34.5 Å². The van der Waals surface area contributed by atoms with Gasteiger partial charge in [-0.3, -0.25) is 4.90 Å². The van der Waals surface area contributed by atoms with Crippen LogP contribution < -0.4 is 0 Å². The van der Waals surface area contributed by atoms with E-state index in [9.17, 15) is 0 Å². The topological polar surface area (TPSA) is 19.4 Å². The van der Waals surface area contributed by atoms with Gasteiger partial charge in [0.25, 0.3) is 0 Å². The van der Waals surface area contributed by atoms with E-state index in [4.69, 9.17) is 4.98 Å². The molecule has 21 heavy (non-hydrogen) atoms. The van der Waals surface area contributed by atoms with E-state index in [1.807, 2.05) is 11.3 Å². The lowest BCUT2D eigenvalue weighted by molar-refractivity contribution is 0.115. The van der Waals surface area contributed by atoms with Crippen LogP contribution in [0.4, 0.5) is 0 Å². The Morgan fingerprint density at radius 2 is 2.10 bits per heavy atom. The number of halogens is 1. The van der Waals surface area contributed by atoms with E-state index in [1.165, 1.54) is 15.4 Å². The Balaban J connectivity index is 1.94. The number of rotatable bonds is 2. The molecule has 0 aliphatic carbocycles. The third-order valence-corrected chi connectivity index (χ3v) is 5.61. The third kappa shape index (κ3) is 3.21. The number of aromatic nitrogens is 1. The van der Waals surface area contributed by atoms with Crippen LogP contribution in [-0.2, 0) is 0 Å². The molecule has 0 spiro atoms. The summed E-state index contributed by atoms with van der Waals surface area (Å²) in [5.41, 5.74) is 2.31. The summed E-state index contributed by atoms with van der Waals surface area (Å²) in [6.45, 7) is 5.47. The molecule has 0 radical (unpaired) electrons. The summed E-state index contributed by atoms with van der Waals surface area (Å²) >= 11 is 5.38. The van der Waals surface area contributed by atoms with Gasteiger partial charge in [-0.05, 0) is 33.2 Å². The molecule has 0 N–H and O–H groups in total. The molecule has 2 aromatic rings. The van der Waals surface area contributed by atoms with Crippen LogP contribution in [0.3, 0.4) is 0 Å². The van der Waals surface area contributed by atoms with E-state index in [-0.39, 0.29) is 0 Å². The molecular formula is C16H20BrN3S. The van der Waals surface area contributed by atoms with Crippen LogP contribution in [0, 0.1) is 6.92 Å². The standard InChI is InChI=1S/C16H20BrN3S/c1-11-15(12-5-4-6-13(17)9-12)18-16(21-11)14-10-19(2)7-8-20(14)3/h4-6,9,14H,7-8,10H2,1-3H3. The number of likely N-dealkylation sites (N-methyl/N-ethyl adjacent to an activating group) is 2. The predicted octanol–water partition coefficient (Wildman–Crippen LogP) is 3.80. The molecule has 1 unspecified atom stereocenters. The molecular weight excluding hydrogens is 346 g/mol. The third-order valence-electron chi connectivity index (χ3n) is 4.05. The first-order valence-electron chi connectivity index (χ1n) is 7.16. The summed E-state index contributed by atoms with van der Waals surface area (Å²) in [6.07, 6.45) is 0. The second-order valence-electron chi connectivity index (χ2n) is 5.73. The first-order chi connectivity index (χ1) is 10.0. The molecule has 1 saturated heterocycles. The van der Waals surface area contributed by atoms with Crippen molar-refractivity contribution < 1.29 is 0 Å². The van der Waals surface area contributed by atoms with Gasteiger partial charge in [0.15, 0.2) is 0 Å². The Labute approximate surface area is 138 Å². The fourth-order valence-corrected chi connectivity index (χ4v) is 4.24. The van der Waals surface area contributed by atoms with Gasteiger partial charge in [0.05, 0.1) is 11.7 Å². The Morgan fingerprint density at radius 3 is 2.86 bits per heavy atom. The molecule has 1 fully saturated rings. The van der Waals surface area contributed by atoms with Crippen LogP contribution in [0.25, 0.3) is 11.3 Å². The fraction of sp³-hybridized carbons (Fsp3) is 0.438. The minimum absolute atomic E-state index is 0.411. The molecule has 0 bridgehead atoms. The second kappa shape index (κ2) is 6.16. The number of piperazine rings is 1. The first kappa shape index (κ1) is 15.2. The van der Waals surface area contributed by atoms with E-state index in [1.54, 1.807) is 0 Å². The molecule has 112 valence electrons. The predicted molar refractivity (Wildman–Crippen MR) is 92.9 cm³/mol. The second-order valence-corrected chi connectivity index (χ2v) is 7.88. The molecule has 1 aliphatic rings. The lowest BCUT2D eigenvalue weighted by Crippen LogP contribution is -2.44. The highest BCUT2D eigenvalue weighted by Gasteiger charge is 2.27.